The van der Waals surface area contributed by atoms with Crippen LogP contribution in [0.15, 0.2) is 36.5 Å². The van der Waals surface area contributed by atoms with E-state index < -0.39 is 0 Å². The third-order valence-corrected chi connectivity index (χ3v) is 3.40. The van der Waals surface area contributed by atoms with E-state index >= 15 is 0 Å². The zero-order valence-corrected chi connectivity index (χ0v) is 11.9. The molecule has 2 aromatic rings. The largest absolute Gasteiger partial charge is 0.497 e. The molecule has 1 aromatic heterocycles. The lowest BCUT2D eigenvalue weighted by atomic mass is 10.1. The van der Waals surface area contributed by atoms with E-state index in [9.17, 15) is 0 Å². The van der Waals surface area contributed by atoms with Crippen LogP contribution in [0.2, 0.25) is 0 Å². The van der Waals surface area contributed by atoms with Crippen LogP contribution in [-0.2, 0) is 7.05 Å². The predicted molar refractivity (Wildman–Crippen MR) is 76.2 cm³/mol. The first-order valence-electron chi connectivity index (χ1n) is 6.49. The molecule has 0 saturated carbocycles. The second kappa shape index (κ2) is 5.89. The zero-order valence-electron chi connectivity index (χ0n) is 11.9. The lowest BCUT2D eigenvalue weighted by Gasteiger charge is -2.21. The van der Waals surface area contributed by atoms with Gasteiger partial charge in [-0.05, 0) is 37.6 Å². The molecule has 4 heteroatoms. The maximum absolute atomic E-state index is 5.26. The van der Waals surface area contributed by atoms with Crippen molar-refractivity contribution in [3.63, 3.8) is 0 Å². The first-order valence-corrected chi connectivity index (χ1v) is 6.49. The van der Waals surface area contributed by atoms with Gasteiger partial charge in [0.25, 0.3) is 0 Å². The van der Waals surface area contributed by atoms with E-state index in [0.717, 1.165) is 5.75 Å². The highest BCUT2D eigenvalue weighted by Crippen LogP contribution is 2.22. The fourth-order valence-electron chi connectivity index (χ4n) is 2.28. The number of benzene rings is 1. The fourth-order valence-corrected chi connectivity index (χ4v) is 2.28. The van der Waals surface area contributed by atoms with Crippen LogP contribution in [0.3, 0.4) is 0 Å². The van der Waals surface area contributed by atoms with Crippen LogP contribution in [-0.4, -0.2) is 16.9 Å². The summed E-state index contributed by atoms with van der Waals surface area (Å²) in [4.78, 5) is 0. The summed E-state index contributed by atoms with van der Waals surface area (Å²) < 4.78 is 7.16. The molecule has 0 fully saturated rings. The molecule has 1 N–H and O–H groups in total. The Morgan fingerprint density at radius 2 is 2.00 bits per heavy atom. The van der Waals surface area contributed by atoms with E-state index in [1.807, 2.05) is 36.1 Å². The summed E-state index contributed by atoms with van der Waals surface area (Å²) in [5, 5.41) is 7.78. The fraction of sp³-hybridized carbons (Fsp3) is 0.400. The van der Waals surface area contributed by atoms with E-state index in [1.54, 1.807) is 7.11 Å². The molecule has 2 rings (SSSR count). The Bertz CT molecular complexity index is 536. The molecule has 0 aliphatic rings. The minimum Gasteiger partial charge on any atom is -0.497 e. The number of nitrogens with zero attached hydrogens (tertiary/aromatic N) is 2. The van der Waals surface area contributed by atoms with Crippen LogP contribution in [0.5, 0.6) is 5.75 Å². The third-order valence-electron chi connectivity index (χ3n) is 3.40. The Morgan fingerprint density at radius 3 is 2.63 bits per heavy atom. The average molecular weight is 259 g/mol. The van der Waals surface area contributed by atoms with Crippen LogP contribution in [0.4, 0.5) is 0 Å². The maximum atomic E-state index is 5.26. The molecule has 0 saturated heterocycles. The normalized spacial score (nSPS) is 14.1. The number of aryl methyl sites for hydroxylation is 1. The minimum atomic E-state index is 0.244. The summed E-state index contributed by atoms with van der Waals surface area (Å²) in [6, 6.07) is 10.7. The summed E-state index contributed by atoms with van der Waals surface area (Å²) in [5.41, 5.74) is 2.39. The van der Waals surface area contributed by atoms with Gasteiger partial charge in [-0.15, -0.1) is 0 Å². The van der Waals surface area contributed by atoms with Crippen LogP contribution in [0, 0.1) is 0 Å². The highest BCUT2D eigenvalue weighted by molar-refractivity contribution is 5.30. The Hall–Kier alpha value is -1.81. The van der Waals surface area contributed by atoms with E-state index in [1.165, 1.54) is 11.3 Å². The van der Waals surface area contributed by atoms with Gasteiger partial charge >= 0.3 is 0 Å². The first-order chi connectivity index (χ1) is 9.11. The van der Waals surface area contributed by atoms with Gasteiger partial charge in [0.2, 0.25) is 0 Å². The molecule has 0 spiro atoms. The lowest BCUT2D eigenvalue weighted by molar-refractivity contribution is 0.412. The number of nitrogens with one attached hydrogen (secondary N) is 1. The van der Waals surface area contributed by atoms with E-state index in [0.29, 0.717) is 0 Å². The van der Waals surface area contributed by atoms with Gasteiger partial charge in [-0.2, -0.15) is 5.10 Å². The Balaban J connectivity index is 2.08. The monoisotopic (exact) mass is 259 g/mol. The van der Waals surface area contributed by atoms with Gasteiger partial charge in [-0.1, -0.05) is 12.1 Å². The van der Waals surface area contributed by atoms with Crippen LogP contribution in [0.1, 0.15) is 37.2 Å². The minimum absolute atomic E-state index is 0.244. The molecule has 0 aliphatic carbocycles. The molecular formula is C15H21N3O. The molecule has 1 unspecified atom stereocenters. The summed E-state index contributed by atoms with van der Waals surface area (Å²) in [6.45, 7) is 4.30. The van der Waals surface area contributed by atoms with Gasteiger partial charge in [-0.3, -0.25) is 4.68 Å². The van der Waals surface area contributed by atoms with Gasteiger partial charge in [0, 0.05) is 25.3 Å². The van der Waals surface area contributed by atoms with Crippen molar-refractivity contribution in [1.29, 1.82) is 0 Å². The molecular weight excluding hydrogens is 238 g/mol. The first kappa shape index (κ1) is 13.6. The highest BCUT2D eigenvalue weighted by Gasteiger charge is 2.13. The topological polar surface area (TPSA) is 39.1 Å². The number of methoxy groups -OCH3 is 1. The summed E-state index contributed by atoms with van der Waals surface area (Å²) >= 11 is 0. The zero-order chi connectivity index (χ0) is 13.8. The predicted octanol–water partition coefficient (Wildman–Crippen LogP) is 2.84. The van der Waals surface area contributed by atoms with Gasteiger partial charge in [0.15, 0.2) is 0 Å². The van der Waals surface area contributed by atoms with Gasteiger partial charge in [-0.25, -0.2) is 0 Å². The van der Waals surface area contributed by atoms with Gasteiger partial charge in [0.1, 0.15) is 5.75 Å². The smallest absolute Gasteiger partial charge is 0.119 e. The Labute approximate surface area is 114 Å². The quantitative estimate of drug-likeness (QED) is 0.897. The molecule has 0 radical (unpaired) electrons. The summed E-state index contributed by atoms with van der Waals surface area (Å²) in [7, 11) is 3.65. The van der Waals surface area contributed by atoms with Crippen molar-refractivity contribution >= 4 is 0 Å². The van der Waals surface area contributed by atoms with E-state index in [2.05, 4.69) is 36.4 Å². The molecule has 0 bridgehead atoms. The molecule has 1 aromatic carbocycles. The van der Waals surface area contributed by atoms with Crippen molar-refractivity contribution in [3.8, 4) is 5.75 Å². The van der Waals surface area contributed by atoms with Crippen molar-refractivity contribution in [2.24, 2.45) is 7.05 Å². The SMILES string of the molecule is COc1cccc([C@H](C)NC(C)c2ccnn2C)c1. The van der Waals surface area contributed by atoms with Crippen LogP contribution in [0.25, 0.3) is 0 Å². The van der Waals surface area contributed by atoms with Gasteiger partial charge < -0.3 is 10.1 Å². The molecule has 19 heavy (non-hydrogen) atoms. The van der Waals surface area contributed by atoms with Crippen molar-refractivity contribution in [1.82, 2.24) is 15.1 Å². The number of hydrogen-bond acceptors (Lipinski definition) is 3. The van der Waals surface area contributed by atoms with Crippen molar-refractivity contribution in [3.05, 3.63) is 47.8 Å². The molecule has 2 atom stereocenters. The summed E-state index contributed by atoms with van der Waals surface area (Å²) in [5.74, 6) is 0.888. The molecule has 0 amide bonds. The third kappa shape index (κ3) is 3.15. The molecule has 0 aliphatic heterocycles. The molecule has 102 valence electrons. The highest BCUT2D eigenvalue weighted by atomic mass is 16.5. The lowest BCUT2D eigenvalue weighted by Crippen LogP contribution is -2.24. The Kier molecular flexibility index (Phi) is 4.22. The van der Waals surface area contributed by atoms with E-state index in [4.69, 9.17) is 4.74 Å². The average Bonchev–Trinajstić information content (AvgIpc) is 2.85. The van der Waals surface area contributed by atoms with Crippen molar-refractivity contribution in [2.45, 2.75) is 25.9 Å². The van der Waals surface area contributed by atoms with Crippen molar-refractivity contribution < 1.29 is 4.74 Å². The Morgan fingerprint density at radius 1 is 1.21 bits per heavy atom. The number of aromatic nitrogens is 2. The second-order valence-corrected chi connectivity index (χ2v) is 4.77. The number of hydrogen-bond donors (Lipinski definition) is 1. The van der Waals surface area contributed by atoms with E-state index in [-0.39, 0.29) is 12.1 Å². The van der Waals surface area contributed by atoms with Crippen LogP contribution >= 0.6 is 0 Å². The maximum Gasteiger partial charge on any atom is 0.119 e. The number of rotatable bonds is 5. The van der Waals surface area contributed by atoms with Crippen LogP contribution < -0.4 is 10.1 Å². The van der Waals surface area contributed by atoms with Crippen molar-refractivity contribution in [2.75, 3.05) is 7.11 Å². The number of ether oxygens (including phenoxy) is 1. The molecule has 1 heterocycles. The summed E-state index contributed by atoms with van der Waals surface area (Å²) in [6.07, 6.45) is 1.82. The van der Waals surface area contributed by atoms with Gasteiger partial charge in [0.05, 0.1) is 12.8 Å². The standard InChI is InChI=1S/C15H21N3O/c1-11(13-6-5-7-14(10-13)19-4)17-12(2)15-8-9-16-18(15)3/h5-12,17H,1-4H3/t11-,12?/m0/s1. The second-order valence-electron chi connectivity index (χ2n) is 4.77. The molecule has 4 nitrogen and oxygen atoms in total.